The lowest BCUT2D eigenvalue weighted by Crippen LogP contribution is -2.36. The van der Waals surface area contributed by atoms with Crippen LogP contribution in [0.25, 0.3) is 0 Å². The van der Waals surface area contributed by atoms with E-state index in [0.717, 1.165) is 0 Å². The minimum absolute atomic E-state index is 0.0791. The summed E-state index contributed by atoms with van der Waals surface area (Å²) in [5.74, 6) is 0.0865. The Morgan fingerprint density at radius 1 is 1.62 bits per heavy atom. The Bertz CT molecular complexity index is 363. The van der Waals surface area contributed by atoms with Gasteiger partial charge in [0.1, 0.15) is 12.7 Å². The normalized spacial score (nSPS) is 32.4. The van der Waals surface area contributed by atoms with Gasteiger partial charge >= 0.3 is 5.71 Å². The summed E-state index contributed by atoms with van der Waals surface area (Å²) in [4.78, 5) is 9.02. The largest absolute Gasteiger partial charge is 0.471 e. The van der Waals surface area contributed by atoms with Gasteiger partial charge in [0.25, 0.3) is 5.90 Å². The zero-order valence-electron chi connectivity index (χ0n) is 9.08. The third-order valence-electron chi connectivity index (χ3n) is 2.43. The van der Waals surface area contributed by atoms with Crippen LogP contribution >= 0.6 is 0 Å². The lowest BCUT2D eigenvalue weighted by molar-refractivity contribution is -0.740. The molecular weight excluding hydrogens is 216 g/mol. The van der Waals surface area contributed by atoms with Gasteiger partial charge in [0, 0.05) is 0 Å². The predicted molar refractivity (Wildman–Crippen MR) is 54.1 cm³/mol. The van der Waals surface area contributed by atoms with Gasteiger partial charge in [-0.05, 0) is 13.8 Å². The van der Waals surface area contributed by atoms with Crippen LogP contribution in [-0.2, 0) is 9.57 Å². The van der Waals surface area contributed by atoms with E-state index in [-0.39, 0.29) is 16.5 Å². The fourth-order valence-electron chi connectivity index (χ4n) is 1.57. The first kappa shape index (κ1) is 11.2. The molecule has 16 heavy (non-hydrogen) atoms. The Labute approximate surface area is 92.2 Å². The summed E-state index contributed by atoms with van der Waals surface area (Å²) in [6.07, 6.45) is -2.17. The maximum Gasteiger partial charge on any atom is 0.335 e. The third-order valence-corrected chi connectivity index (χ3v) is 2.43. The van der Waals surface area contributed by atoms with Gasteiger partial charge in [0.05, 0.1) is 17.0 Å². The molecule has 2 N–H and O–H groups in total. The highest BCUT2D eigenvalue weighted by Gasteiger charge is 2.45. The summed E-state index contributed by atoms with van der Waals surface area (Å²) < 4.78 is 5.24. The summed E-state index contributed by atoms with van der Waals surface area (Å²) in [5.41, 5.74) is -0.496. The molecule has 2 atom stereocenters. The first-order chi connectivity index (χ1) is 7.44. The van der Waals surface area contributed by atoms with Crippen LogP contribution in [-0.4, -0.2) is 57.7 Å². The van der Waals surface area contributed by atoms with E-state index in [9.17, 15) is 10.3 Å². The van der Waals surface area contributed by atoms with Crippen LogP contribution in [0.5, 0.6) is 0 Å². The minimum Gasteiger partial charge on any atom is -0.471 e. The maximum absolute atomic E-state index is 11.4. The molecule has 2 rings (SSSR count). The highest BCUT2D eigenvalue weighted by molar-refractivity contribution is 6.39. The number of aliphatic hydroxyl groups is 2. The summed E-state index contributed by atoms with van der Waals surface area (Å²) in [6.45, 7) is 3.60. The molecule has 0 bridgehead atoms. The quantitative estimate of drug-likeness (QED) is 0.581. The summed E-state index contributed by atoms with van der Waals surface area (Å²) in [6, 6.07) is 0. The number of nitrogens with zero attached hydrogens (tertiary/aromatic N) is 2. The van der Waals surface area contributed by atoms with Crippen LogP contribution in [0, 0.1) is 5.21 Å². The van der Waals surface area contributed by atoms with Crippen molar-refractivity contribution in [3.63, 3.8) is 0 Å². The van der Waals surface area contributed by atoms with E-state index in [1.54, 1.807) is 0 Å². The second-order valence-corrected chi connectivity index (χ2v) is 4.43. The number of aliphatic imine (C=N–C) groups is 1. The smallest absolute Gasteiger partial charge is 0.335 e. The van der Waals surface area contributed by atoms with Crippen LogP contribution in [0.2, 0.25) is 0 Å². The number of ether oxygens (including phenoxy) is 1. The maximum atomic E-state index is 11.4. The Balaban J connectivity index is 2.25. The predicted octanol–water partition coefficient (Wildman–Crippen LogP) is -1.19. The van der Waals surface area contributed by atoms with Crippen LogP contribution in [0.3, 0.4) is 0 Å². The van der Waals surface area contributed by atoms with Crippen molar-refractivity contribution in [2.75, 3.05) is 13.2 Å². The SMILES string of the molecule is CC1(C)COC(C2=[N+]([O-])O[C@@H](CO)[C@@H]2O)=N1. The molecule has 0 amide bonds. The highest BCUT2D eigenvalue weighted by Crippen LogP contribution is 2.21. The van der Waals surface area contributed by atoms with Crippen molar-refractivity contribution in [2.24, 2.45) is 4.99 Å². The zero-order valence-corrected chi connectivity index (χ0v) is 9.08. The molecule has 2 aliphatic rings. The molecule has 7 nitrogen and oxygen atoms in total. The standard InChI is InChI=1S/C9H14N2O5/c1-9(2)4-15-8(10-9)6-7(13)5(3-12)16-11(6)14/h5,7,12-13H,3-4H2,1-2H3/t5-,7-/m0/s1. The second-order valence-electron chi connectivity index (χ2n) is 4.43. The van der Waals surface area contributed by atoms with Gasteiger partial charge in [0.15, 0.2) is 6.10 Å². The number of hydrogen-bond acceptors (Lipinski definition) is 6. The van der Waals surface area contributed by atoms with Crippen molar-refractivity contribution >= 4 is 11.6 Å². The second kappa shape index (κ2) is 3.60. The molecular formula is C9H14N2O5. The molecule has 0 unspecified atom stereocenters. The van der Waals surface area contributed by atoms with E-state index in [2.05, 4.69) is 4.99 Å². The number of rotatable bonds is 2. The van der Waals surface area contributed by atoms with E-state index in [4.69, 9.17) is 14.7 Å². The molecule has 0 aliphatic carbocycles. The lowest BCUT2D eigenvalue weighted by Gasteiger charge is -2.09. The van der Waals surface area contributed by atoms with Crippen LogP contribution in [0.1, 0.15) is 13.8 Å². The van der Waals surface area contributed by atoms with Crippen molar-refractivity contribution in [3.8, 4) is 0 Å². The monoisotopic (exact) mass is 230 g/mol. The van der Waals surface area contributed by atoms with Crippen LogP contribution in [0.15, 0.2) is 4.99 Å². The van der Waals surface area contributed by atoms with Gasteiger partial charge in [0.2, 0.25) is 0 Å². The fraction of sp³-hybridized carbons (Fsp3) is 0.778. The summed E-state index contributed by atoms with van der Waals surface area (Å²) in [5, 5.41) is 30.0. The fourth-order valence-corrected chi connectivity index (χ4v) is 1.57. The van der Waals surface area contributed by atoms with E-state index in [0.29, 0.717) is 6.61 Å². The molecule has 0 fully saturated rings. The molecule has 7 heteroatoms. The molecule has 2 heterocycles. The van der Waals surface area contributed by atoms with Gasteiger partial charge in [-0.3, -0.25) is 5.21 Å². The average molecular weight is 230 g/mol. The minimum atomic E-state index is -1.21. The molecule has 0 aromatic heterocycles. The van der Waals surface area contributed by atoms with E-state index >= 15 is 0 Å². The van der Waals surface area contributed by atoms with Crippen molar-refractivity contribution in [2.45, 2.75) is 31.6 Å². The van der Waals surface area contributed by atoms with Crippen LogP contribution < -0.4 is 0 Å². The molecule has 0 saturated heterocycles. The number of hydrogen-bond donors (Lipinski definition) is 2. The summed E-state index contributed by atoms with van der Waals surface area (Å²) in [7, 11) is 0. The van der Waals surface area contributed by atoms with E-state index in [1.807, 2.05) is 13.8 Å². The van der Waals surface area contributed by atoms with E-state index < -0.39 is 24.4 Å². The summed E-state index contributed by atoms with van der Waals surface area (Å²) >= 11 is 0. The molecule has 0 spiro atoms. The third kappa shape index (κ3) is 1.72. The Morgan fingerprint density at radius 3 is 2.75 bits per heavy atom. The molecule has 0 aromatic rings. The van der Waals surface area contributed by atoms with Crippen molar-refractivity contribution in [3.05, 3.63) is 5.21 Å². The topological polar surface area (TPSA) is 97.4 Å². The number of aliphatic hydroxyl groups excluding tert-OH is 2. The van der Waals surface area contributed by atoms with Gasteiger partial charge in [-0.25, -0.2) is 4.99 Å². The highest BCUT2D eigenvalue weighted by atomic mass is 16.9. The van der Waals surface area contributed by atoms with Gasteiger partial charge in [-0.15, -0.1) is 0 Å². The van der Waals surface area contributed by atoms with Gasteiger partial charge < -0.3 is 19.8 Å². The van der Waals surface area contributed by atoms with Crippen molar-refractivity contribution in [1.29, 1.82) is 0 Å². The van der Waals surface area contributed by atoms with Gasteiger partial charge in [-0.1, -0.05) is 0 Å². The first-order valence-corrected chi connectivity index (χ1v) is 4.97. The first-order valence-electron chi connectivity index (χ1n) is 4.97. The molecule has 0 saturated carbocycles. The Morgan fingerprint density at radius 2 is 2.31 bits per heavy atom. The van der Waals surface area contributed by atoms with E-state index in [1.165, 1.54) is 0 Å². The molecule has 0 aromatic carbocycles. The molecule has 90 valence electrons. The average Bonchev–Trinajstić information content (AvgIpc) is 2.67. The van der Waals surface area contributed by atoms with Crippen molar-refractivity contribution < 1.29 is 24.7 Å². The zero-order chi connectivity index (χ0) is 11.9. The molecule has 0 radical (unpaired) electrons. The lowest BCUT2D eigenvalue weighted by atomic mass is 10.1. The van der Waals surface area contributed by atoms with Gasteiger partial charge in [-0.2, -0.15) is 0 Å². The molecule has 2 aliphatic heterocycles. The van der Waals surface area contributed by atoms with Crippen molar-refractivity contribution in [1.82, 2.24) is 0 Å². The van der Waals surface area contributed by atoms with Crippen LogP contribution in [0.4, 0.5) is 0 Å². The Hall–Kier alpha value is -1.34. The Kier molecular flexibility index (Phi) is 2.51.